The zero-order valence-electron chi connectivity index (χ0n) is 11.9. The molecule has 1 heterocycles. The molecule has 4 nitrogen and oxygen atoms in total. The van der Waals surface area contributed by atoms with Crippen LogP contribution in [0.15, 0.2) is 41.3 Å². The van der Waals surface area contributed by atoms with E-state index in [4.69, 9.17) is 0 Å². The van der Waals surface area contributed by atoms with Crippen molar-refractivity contribution < 1.29 is 22.0 Å². The Balaban J connectivity index is 2.16. The highest BCUT2D eigenvalue weighted by atomic mass is 32.2. The van der Waals surface area contributed by atoms with E-state index in [-0.39, 0.29) is 21.7 Å². The molecule has 0 bridgehead atoms. The van der Waals surface area contributed by atoms with Gasteiger partial charge in [0.15, 0.2) is 21.5 Å². The van der Waals surface area contributed by atoms with Gasteiger partial charge in [-0.25, -0.2) is 17.2 Å². The molecule has 0 radical (unpaired) electrons. The number of carbonyl (C=O) groups excluding carboxylic acids is 1. The van der Waals surface area contributed by atoms with Gasteiger partial charge in [0.1, 0.15) is 0 Å². The monoisotopic (exact) mass is 335 g/mol. The van der Waals surface area contributed by atoms with Crippen LogP contribution in [-0.4, -0.2) is 20.6 Å². The quantitative estimate of drug-likeness (QED) is 0.859. The fraction of sp³-hybridized carbons (Fsp3) is 0.0625. The van der Waals surface area contributed by atoms with Crippen molar-refractivity contribution in [2.45, 2.75) is 4.90 Å². The van der Waals surface area contributed by atoms with E-state index in [0.29, 0.717) is 5.56 Å². The number of rotatable bonds is 2. The molecule has 118 valence electrons. The molecule has 0 saturated carbocycles. The largest absolute Gasteiger partial charge is 0.321 e. The minimum Gasteiger partial charge on any atom is -0.321 e. The average Bonchev–Trinajstić information content (AvgIpc) is 2.79. The van der Waals surface area contributed by atoms with Crippen LogP contribution in [-0.2, 0) is 14.6 Å². The fourth-order valence-corrected chi connectivity index (χ4v) is 3.04. The lowest BCUT2D eigenvalue weighted by molar-refractivity contribution is -0.110. The minimum absolute atomic E-state index is 0.0531. The molecule has 1 N–H and O–H groups in total. The Morgan fingerprint density at radius 3 is 2.57 bits per heavy atom. The third kappa shape index (κ3) is 2.75. The van der Waals surface area contributed by atoms with E-state index < -0.39 is 27.4 Å². The molecule has 0 saturated heterocycles. The summed E-state index contributed by atoms with van der Waals surface area (Å²) < 4.78 is 50.6. The lowest BCUT2D eigenvalue weighted by Gasteiger charge is -2.03. The second-order valence-electron chi connectivity index (χ2n) is 5.14. The highest BCUT2D eigenvalue weighted by molar-refractivity contribution is 7.90. The van der Waals surface area contributed by atoms with Gasteiger partial charge in [-0.05, 0) is 35.9 Å². The van der Waals surface area contributed by atoms with Gasteiger partial charge in [-0.2, -0.15) is 0 Å². The van der Waals surface area contributed by atoms with Crippen molar-refractivity contribution in [3.8, 4) is 0 Å². The highest BCUT2D eigenvalue weighted by Gasteiger charge is 2.29. The van der Waals surface area contributed by atoms with Crippen LogP contribution in [0.5, 0.6) is 0 Å². The molecule has 0 spiro atoms. The van der Waals surface area contributed by atoms with E-state index in [1.165, 1.54) is 30.3 Å². The van der Waals surface area contributed by atoms with Crippen molar-refractivity contribution in [3.63, 3.8) is 0 Å². The summed E-state index contributed by atoms with van der Waals surface area (Å²) in [7, 11) is -3.41. The van der Waals surface area contributed by atoms with Crippen LogP contribution in [0.4, 0.5) is 14.5 Å². The number of benzene rings is 2. The lowest BCUT2D eigenvalue weighted by Crippen LogP contribution is -2.03. The summed E-state index contributed by atoms with van der Waals surface area (Å²) in [5.41, 5.74) is 0.372. The molecular weight excluding hydrogens is 324 g/mol. The molecule has 1 aliphatic heterocycles. The number of hydrogen-bond donors (Lipinski definition) is 1. The Kier molecular flexibility index (Phi) is 3.52. The van der Waals surface area contributed by atoms with E-state index in [1.807, 2.05) is 0 Å². The number of halogens is 2. The smallest absolute Gasteiger partial charge is 0.256 e. The summed E-state index contributed by atoms with van der Waals surface area (Å²) in [6.07, 6.45) is 2.39. The average molecular weight is 335 g/mol. The van der Waals surface area contributed by atoms with E-state index in [9.17, 15) is 22.0 Å². The Bertz CT molecular complexity index is 965. The van der Waals surface area contributed by atoms with Gasteiger partial charge in [-0.15, -0.1) is 0 Å². The number of anilines is 1. The first-order chi connectivity index (χ1) is 10.8. The van der Waals surface area contributed by atoms with Crippen LogP contribution in [0, 0.1) is 11.6 Å². The fourth-order valence-electron chi connectivity index (χ4n) is 2.36. The van der Waals surface area contributed by atoms with Crippen molar-refractivity contribution >= 4 is 33.1 Å². The molecule has 0 aliphatic carbocycles. The van der Waals surface area contributed by atoms with Crippen LogP contribution in [0.1, 0.15) is 11.1 Å². The number of nitrogens with one attached hydrogen (secondary N) is 1. The zero-order valence-corrected chi connectivity index (χ0v) is 12.7. The van der Waals surface area contributed by atoms with Gasteiger partial charge in [-0.3, -0.25) is 4.79 Å². The number of sulfone groups is 1. The Morgan fingerprint density at radius 2 is 1.87 bits per heavy atom. The molecule has 0 atom stereocenters. The van der Waals surface area contributed by atoms with Gasteiger partial charge in [0.25, 0.3) is 5.91 Å². The molecule has 1 aliphatic rings. The third-order valence-electron chi connectivity index (χ3n) is 3.45. The standard InChI is InChI=1S/C16H11F2NO3S/c1-23(21,22)10-4-2-3-9(7-10)8-11-14-13(19-16(11)20)6-5-12(17)15(14)18/h2-8H,1H3,(H,19,20)/b11-8+. The van der Waals surface area contributed by atoms with Crippen molar-refractivity contribution in [2.24, 2.45) is 0 Å². The van der Waals surface area contributed by atoms with Crippen LogP contribution in [0.2, 0.25) is 0 Å². The second kappa shape index (κ2) is 5.27. The molecule has 7 heteroatoms. The molecule has 0 unspecified atom stereocenters. The van der Waals surface area contributed by atoms with Gasteiger partial charge in [0.05, 0.1) is 16.2 Å². The number of carbonyl (C=O) groups is 1. The normalized spacial score (nSPS) is 15.6. The SMILES string of the molecule is CS(=O)(=O)c1cccc(/C=C2/C(=O)Nc3ccc(F)c(F)c32)c1. The zero-order chi connectivity index (χ0) is 16.8. The maximum Gasteiger partial charge on any atom is 0.256 e. The molecular formula is C16H11F2NO3S. The van der Waals surface area contributed by atoms with Gasteiger partial charge >= 0.3 is 0 Å². The van der Waals surface area contributed by atoms with Crippen LogP contribution in [0.3, 0.4) is 0 Å². The maximum atomic E-state index is 14.0. The van der Waals surface area contributed by atoms with Gasteiger partial charge in [0.2, 0.25) is 0 Å². The van der Waals surface area contributed by atoms with Gasteiger partial charge < -0.3 is 5.32 Å². The second-order valence-corrected chi connectivity index (χ2v) is 7.16. The molecule has 2 aromatic rings. The summed E-state index contributed by atoms with van der Waals surface area (Å²) in [4.78, 5) is 12.1. The summed E-state index contributed by atoms with van der Waals surface area (Å²) in [5.74, 6) is -2.75. The Morgan fingerprint density at radius 1 is 1.13 bits per heavy atom. The first-order valence-electron chi connectivity index (χ1n) is 6.59. The summed E-state index contributed by atoms with van der Waals surface area (Å²) in [6.45, 7) is 0. The van der Waals surface area contributed by atoms with Crippen LogP contribution in [0.25, 0.3) is 11.6 Å². The minimum atomic E-state index is -3.41. The van der Waals surface area contributed by atoms with E-state index in [1.54, 1.807) is 6.07 Å². The summed E-state index contributed by atoms with van der Waals surface area (Å²) in [5, 5.41) is 2.45. The predicted molar refractivity (Wildman–Crippen MR) is 82.4 cm³/mol. The Labute approximate surface area is 131 Å². The van der Waals surface area contributed by atoms with Crippen molar-refractivity contribution in [3.05, 3.63) is 59.2 Å². The highest BCUT2D eigenvalue weighted by Crippen LogP contribution is 2.36. The topological polar surface area (TPSA) is 63.2 Å². The molecule has 0 fully saturated rings. The number of hydrogen-bond acceptors (Lipinski definition) is 3. The van der Waals surface area contributed by atoms with Crippen molar-refractivity contribution in [1.82, 2.24) is 0 Å². The van der Waals surface area contributed by atoms with Gasteiger partial charge in [0, 0.05) is 11.8 Å². The van der Waals surface area contributed by atoms with E-state index >= 15 is 0 Å². The first kappa shape index (κ1) is 15.4. The third-order valence-corrected chi connectivity index (χ3v) is 4.56. The van der Waals surface area contributed by atoms with Crippen LogP contribution < -0.4 is 5.32 Å². The van der Waals surface area contributed by atoms with Gasteiger partial charge in [-0.1, -0.05) is 12.1 Å². The van der Waals surface area contributed by atoms with E-state index in [0.717, 1.165) is 12.3 Å². The molecule has 23 heavy (non-hydrogen) atoms. The molecule has 1 amide bonds. The number of amides is 1. The summed E-state index contributed by atoms with van der Waals surface area (Å²) in [6, 6.07) is 8.08. The first-order valence-corrected chi connectivity index (χ1v) is 8.48. The van der Waals surface area contributed by atoms with Crippen molar-refractivity contribution in [2.75, 3.05) is 11.6 Å². The molecule has 3 rings (SSSR count). The Hall–Kier alpha value is -2.54. The molecule has 0 aromatic heterocycles. The lowest BCUT2D eigenvalue weighted by atomic mass is 10.0. The summed E-state index contributed by atoms with van der Waals surface area (Å²) >= 11 is 0. The van der Waals surface area contributed by atoms with Crippen molar-refractivity contribution in [1.29, 1.82) is 0 Å². The van der Waals surface area contributed by atoms with Crippen LogP contribution >= 0.6 is 0 Å². The maximum absolute atomic E-state index is 14.0. The molecule has 2 aromatic carbocycles. The van der Waals surface area contributed by atoms with E-state index in [2.05, 4.69) is 5.32 Å². The predicted octanol–water partition coefficient (Wildman–Crippen LogP) is 2.86. The number of fused-ring (bicyclic) bond motifs is 1.